The molecule has 2 fully saturated rings. The number of nitrogens with zero attached hydrogens (tertiary/aromatic N) is 5. The van der Waals surface area contributed by atoms with Crippen LogP contribution in [0.1, 0.15) is 42.6 Å². The zero-order valence-electron chi connectivity index (χ0n) is 15.5. The van der Waals surface area contributed by atoms with Gasteiger partial charge in [-0.2, -0.15) is 0 Å². The lowest BCUT2D eigenvalue weighted by Gasteiger charge is -2.24. The second-order valence-corrected chi connectivity index (χ2v) is 8.35. The fraction of sp³-hybridized carbons (Fsp3) is 0.400. The van der Waals surface area contributed by atoms with Gasteiger partial charge in [-0.1, -0.05) is 18.2 Å². The van der Waals surface area contributed by atoms with Gasteiger partial charge in [0.05, 0.1) is 18.6 Å². The van der Waals surface area contributed by atoms with Crippen molar-refractivity contribution in [2.45, 2.75) is 37.8 Å². The Balaban J connectivity index is 1.27. The summed E-state index contributed by atoms with van der Waals surface area (Å²) in [5.74, 6) is 0.930. The van der Waals surface area contributed by atoms with Crippen LogP contribution in [0, 0.1) is 0 Å². The van der Waals surface area contributed by atoms with Crippen LogP contribution < -0.4 is 5.32 Å². The van der Waals surface area contributed by atoms with Crippen molar-refractivity contribution in [1.29, 1.82) is 0 Å². The molecule has 1 saturated carbocycles. The van der Waals surface area contributed by atoms with Gasteiger partial charge in [-0.3, -0.25) is 4.79 Å². The number of amides is 1. The third-order valence-corrected chi connectivity index (χ3v) is 6.37. The van der Waals surface area contributed by atoms with Gasteiger partial charge in [0.25, 0.3) is 0 Å². The molecule has 1 saturated heterocycles. The SMILES string of the molecule is O=C(CNc1cccc(-c2nnnn2C2CC2)c1)N1CCC[C@H]1c1cccs1. The Morgan fingerprint density at radius 3 is 2.96 bits per heavy atom. The van der Waals surface area contributed by atoms with Crippen LogP contribution in [-0.2, 0) is 4.79 Å². The van der Waals surface area contributed by atoms with E-state index in [1.54, 1.807) is 11.3 Å². The average molecular weight is 395 g/mol. The third-order valence-electron chi connectivity index (χ3n) is 5.39. The van der Waals surface area contributed by atoms with E-state index < -0.39 is 0 Å². The first kappa shape index (κ1) is 17.4. The van der Waals surface area contributed by atoms with Crippen LogP contribution in [0.15, 0.2) is 41.8 Å². The summed E-state index contributed by atoms with van der Waals surface area (Å²) in [6, 6.07) is 12.8. The molecule has 1 aliphatic carbocycles. The molecule has 1 N–H and O–H groups in total. The largest absolute Gasteiger partial charge is 0.376 e. The van der Waals surface area contributed by atoms with Crippen LogP contribution in [0.2, 0.25) is 0 Å². The monoisotopic (exact) mass is 394 g/mol. The normalized spacial score (nSPS) is 19.1. The number of benzene rings is 1. The summed E-state index contributed by atoms with van der Waals surface area (Å²) in [4.78, 5) is 16.1. The molecule has 1 aromatic carbocycles. The molecule has 0 unspecified atom stereocenters. The highest BCUT2D eigenvalue weighted by molar-refractivity contribution is 7.10. The van der Waals surface area contributed by atoms with E-state index in [1.807, 2.05) is 33.8 Å². The molecule has 0 spiro atoms. The molecule has 0 bridgehead atoms. The fourth-order valence-corrected chi connectivity index (χ4v) is 4.71. The maximum absolute atomic E-state index is 12.8. The number of carbonyl (C=O) groups excluding carboxylic acids is 1. The molecule has 1 amide bonds. The number of carbonyl (C=O) groups is 1. The molecule has 1 atom stereocenters. The summed E-state index contributed by atoms with van der Waals surface area (Å²) < 4.78 is 1.90. The van der Waals surface area contributed by atoms with E-state index in [0.717, 1.165) is 49.3 Å². The standard InChI is InChI=1S/C20H22N6OS/c27-19(25-10-2-6-17(25)18-7-3-11-28-18)13-21-15-5-1-4-14(12-15)20-22-23-24-26(20)16-8-9-16/h1,3-5,7,11-12,16-17,21H,2,6,8-10,13H2/t17-/m0/s1. The summed E-state index contributed by atoms with van der Waals surface area (Å²) in [6.07, 6.45) is 4.37. The first-order valence-electron chi connectivity index (χ1n) is 9.74. The number of likely N-dealkylation sites (tertiary alicyclic amines) is 1. The Bertz CT molecular complexity index is 965. The zero-order chi connectivity index (χ0) is 18.9. The van der Waals surface area contributed by atoms with Crippen LogP contribution in [0.5, 0.6) is 0 Å². The van der Waals surface area contributed by atoms with Gasteiger partial charge in [0, 0.05) is 22.7 Å². The maximum atomic E-state index is 12.8. The lowest BCUT2D eigenvalue weighted by Crippen LogP contribution is -2.34. The van der Waals surface area contributed by atoms with Gasteiger partial charge in [-0.05, 0) is 59.7 Å². The van der Waals surface area contributed by atoms with Crippen LogP contribution in [0.25, 0.3) is 11.4 Å². The van der Waals surface area contributed by atoms with Crippen LogP contribution >= 0.6 is 11.3 Å². The summed E-state index contributed by atoms with van der Waals surface area (Å²) in [5.41, 5.74) is 1.87. The minimum Gasteiger partial charge on any atom is -0.376 e. The Morgan fingerprint density at radius 1 is 1.21 bits per heavy atom. The Labute approximate surface area is 167 Å². The van der Waals surface area contributed by atoms with Crippen molar-refractivity contribution in [3.63, 3.8) is 0 Å². The van der Waals surface area contributed by atoms with E-state index >= 15 is 0 Å². The number of thiophene rings is 1. The van der Waals surface area contributed by atoms with Crippen molar-refractivity contribution < 1.29 is 4.79 Å². The van der Waals surface area contributed by atoms with E-state index in [0.29, 0.717) is 12.6 Å². The van der Waals surface area contributed by atoms with Crippen molar-refractivity contribution in [3.05, 3.63) is 46.7 Å². The second kappa shape index (κ2) is 7.35. The highest BCUT2D eigenvalue weighted by atomic mass is 32.1. The number of anilines is 1. The number of hydrogen-bond donors (Lipinski definition) is 1. The van der Waals surface area contributed by atoms with Crippen molar-refractivity contribution in [3.8, 4) is 11.4 Å². The third kappa shape index (κ3) is 3.40. The molecular formula is C20H22N6OS. The molecule has 28 heavy (non-hydrogen) atoms. The summed E-state index contributed by atoms with van der Waals surface area (Å²) in [6.45, 7) is 1.12. The Kier molecular flexibility index (Phi) is 4.56. The molecule has 144 valence electrons. The van der Waals surface area contributed by atoms with Crippen molar-refractivity contribution >= 4 is 22.9 Å². The van der Waals surface area contributed by atoms with Gasteiger partial charge < -0.3 is 10.2 Å². The molecule has 3 heterocycles. The molecule has 1 aliphatic heterocycles. The average Bonchev–Trinajstić information content (AvgIpc) is 3.15. The quantitative estimate of drug-likeness (QED) is 0.692. The van der Waals surface area contributed by atoms with E-state index in [-0.39, 0.29) is 11.9 Å². The molecule has 2 aliphatic rings. The minimum absolute atomic E-state index is 0.143. The van der Waals surface area contributed by atoms with Crippen molar-refractivity contribution in [1.82, 2.24) is 25.1 Å². The number of rotatable bonds is 6. The van der Waals surface area contributed by atoms with E-state index in [9.17, 15) is 4.79 Å². The summed E-state index contributed by atoms with van der Waals surface area (Å²) in [7, 11) is 0. The highest BCUT2D eigenvalue weighted by Crippen LogP contribution is 2.37. The predicted molar refractivity (Wildman–Crippen MR) is 108 cm³/mol. The predicted octanol–water partition coefficient (Wildman–Crippen LogP) is 3.51. The van der Waals surface area contributed by atoms with Crippen LogP contribution in [0.4, 0.5) is 5.69 Å². The number of aromatic nitrogens is 4. The number of tetrazole rings is 1. The van der Waals surface area contributed by atoms with E-state index in [2.05, 4.69) is 38.4 Å². The topological polar surface area (TPSA) is 75.9 Å². The molecule has 3 aromatic rings. The molecule has 8 heteroatoms. The first-order chi connectivity index (χ1) is 13.8. The maximum Gasteiger partial charge on any atom is 0.242 e. The van der Waals surface area contributed by atoms with Crippen molar-refractivity contribution in [2.24, 2.45) is 0 Å². The lowest BCUT2D eigenvalue weighted by atomic mass is 10.2. The van der Waals surface area contributed by atoms with E-state index in [1.165, 1.54) is 4.88 Å². The molecule has 5 rings (SSSR count). The van der Waals surface area contributed by atoms with Gasteiger partial charge in [0.1, 0.15) is 0 Å². The Hall–Kier alpha value is -2.74. The fourth-order valence-electron chi connectivity index (χ4n) is 3.84. The molecule has 7 nitrogen and oxygen atoms in total. The minimum atomic E-state index is 0.143. The van der Waals surface area contributed by atoms with Crippen molar-refractivity contribution in [2.75, 3.05) is 18.4 Å². The molecule has 0 radical (unpaired) electrons. The van der Waals surface area contributed by atoms with E-state index in [4.69, 9.17) is 0 Å². The van der Waals surface area contributed by atoms with Gasteiger partial charge in [0.15, 0.2) is 5.82 Å². The molecule has 2 aromatic heterocycles. The lowest BCUT2D eigenvalue weighted by molar-refractivity contribution is -0.130. The second-order valence-electron chi connectivity index (χ2n) is 7.37. The Morgan fingerprint density at radius 2 is 2.14 bits per heavy atom. The van der Waals surface area contributed by atoms with Gasteiger partial charge in [-0.15, -0.1) is 16.4 Å². The highest BCUT2D eigenvalue weighted by Gasteiger charge is 2.30. The summed E-state index contributed by atoms with van der Waals surface area (Å²) >= 11 is 1.73. The van der Waals surface area contributed by atoms with Gasteiger partial charge in [0.2, 0.25) is 5.91 Å². The number of hydrogen-bond acceptors (Lipinski definition) is 6. The van der Waals surface area contributed by atoms with Crippen LogP contribution in [0.3, 0.4) is 0 Å². The van der Waals surface area contributed by atoms with Gasteiger partial charge in [-0.25, -0.2) is 4.68 Å². The molecular weight excluding hydrogens is 372 g/mol. The smallest absolute Gasteiger partial charge is 0.242 e. The van der Waals surface area contributed by atoms with Crippen LogP contribution in [-0.4, -0.2) is 44.1 Å². The van der Waals surface area contributed by atoms with Gasteiger partial charge >= 0.3 is 0 Å². The number of nitrogens with one attached hydrogen (secondary N) is 1. The first-order valence-corrected chi connectivity index (χ1v) is 10.6. The zero-order valence-corrected chi connectivity index (χ0v) is 16.3. The summed E-state index contributed by atoms with van der Waals surface area (Å²) in [5, 5.41) is 17.5.